The monoisotopic (exact) mass is 207 g/mol. The van der Waals surface area contributed by atoms with E-state index in [0.29, 0.717) is 17.6 Å². The van der Waals surface area contributed by atoms with Crippen molar-refractivity contribution in [1.82, 2.24) is 0 Å². The van der Waals surface area contributed by atoms with Gasteiger partial charge in [-0.05, 0) is 38.5 Å². The first-order valence-corrected chi connectivity index (χ1v) is 4.91. The molecule has 2 N–H and O–H groups in total. The van der Waals surface area contributed by atoms with Crippen LogP contribution in [0.1, 0.15) is 19.4 Å². The summed E-state index contributed by atoms with van der Waals surface area (Å²) in [6.07, 6.45) is 2.03. The maximum Gasteiger partial charge on any atom is 0.140 e. The number of rotatable bonds is 2. The van der Waals surface area contributed by atoms with Crippen LogP contribution in [-0.4, -0.2) is 5.54 Å². The number of hydrogen-bond acceptors (Lipinski definition) is 2. The summed E-state index contributed by atoms with van der Waals surface area (Å²) in [7, 11) is 0. The van der Waals surface area contributed by atoms with Gasteiger partial charge in [0.2, 0.25) is 0 Å². The summed E-state index contributed by atoms with van der Waals surface area (Å²) >= 11 is 0. The molecule has 0 amide bonds. The molecule has 0 aliphatic heterocycles. The predicted octanol–water partition coefficient (Wildman–Crippen LogP) is 2.85. The normalized spacial score (nSPS) is 12.3. The van der Waals surface area contributed by atoms with Crippen molar-refractivity contribution in [3.8, 4) is 0 Å². The van der Waals surface area contributed by atoms with E-state index < -0.39 is 5.54 Å². The van der Waals surface area contributed by atoms with Gasteiger partial charge in [0.25, 0.3) is 0 Å². The molecule has 1 aromatic carbocycles. The second-order valence-electron chi connectivity index (χ2n) is 4.53. The van der Waals surface area contributed by atoms with E-state index in [4.69, 9.17) is 10.2 Å². The highest BCUT2D eigenvalue weighted by atomic mass is 19.1. The minimum atomic E-state index is -0.443. The number of hydrogen-bond donors (Lipinski definition) is 1. The van der Waals surface area contributed by atoms with Crippen molar-refractivity contribution < 1.29 is 8.81 Å². The second kappa shape index (κ2) is 3.35. The molecule has 0 atom stereocenters. The molecule has 0 bridgehead atoms. The molecule has 0 radical (unpaired) electrons. The van der Waals surface area contributed by atoms with Gasteiger partial charge in [-0.2, -0.15) is 0 Å². The Hall–Kier alpha value is -1.35. The summed E-state index contributed by atoms with van der Waals surface area (Å²) in [5, 5.41) is 0.913. The fourth-order valence-electron chi connectivity index (χ4n) is 1.69. The van der Waals surface area contributed by atoms with Crippen LogP contribution in [0.25, 0.3) is 11.0 Å². The number of furan rings is 1. The molecule has 2 rings (SSSR count). The topological polar surface area (TPSA) is 39.2 Å². The average Bonchev–Trinajstić information content (AvgIpc) is 2.56. The molecule has 1 aromatic heterocycles. The molecule has 15 heavy (non-hydrogen) atoms. The second-order valence-corrected chi connectivity index (χ2v) is 4.53. The summed E-state index contributed by atoms with van der Waals surface area (Å²) in [5.41, 5.74) is 6.61. The van der Waals surface area contributed by atoms with E-state index in [9.17, 15) is 4.39 Å². The van der Waals surface area contributed by atoms with Crippen molar-refractivity contribution in [2.75, 3.05) is 0 Å². The lowest BCUT2D eigenvalue weighted by Gasteiger charge is -2.18. The maximum atomic E-state index is 13.6. The molecule has 0 spiro atoms. The van der Waals surface area contributed by atoms with Gasteiger partial charge < -0.3 is 10.2 Å². The maximum absolute atomic E-state index is 13.6. The number of fused-ring (bicyclic) bond motifs is 1. The Kier molecular flexibility index (Phi) is 2.27. The van der Waals surface area contributed by atoms with Crippen LogP contribution >= 0.6 is 0 Å². The molecule has 0 aliphatic carbocycles. The highest BCUT2D eigenvalue weighted by molar-refractivity contribution is 5.80. The molecule has 2 aromatic rings. The van der Waals surface area contributed by atoms with Crippen LogP contribution in [-0.2, 0) is 6.42 Å². The summed E-state index contributed by atoms with van der Waals surface area (Å²) in [6.45, 7) is 3.74. The standard InChI is InChI=1S/C12H14FNO/c1-12(2,14)7-9-10(13)4-3-8-5-6-15-11(8)9/h3-6H,7,14H2,1-2H3. The van der Waals surface area contributed by atoms with Gasteiger partial charge in [0.15, 0.2) is 0 Å². The summed E-state index contributed by atoms with van der Waals surface area (Å²) in [6, 6.07) is 4.99. The van der Waals surface area contributed by atoms with Gasteiger partial charge in [-0.25, -0.2) is 4.39 Å². The third kappa shape index (κ3) is 2.02. The van der Waals surface area contributed by atoms with Crippen molar-refractivity contribution in [3.05, 3.63) is 35.8 Å². The quantitative estimate of drug-likeness (QED) is 0.822. The van der Waals surface area contributed by atoms with Gasteiger partial charge in [-0.1, -0.05) is 0 Å². The fraction of sp³-hybridized carbons (Fsp3) is 0.333. The number of halogens is 1. The third-order valence-electron chi connectivity index (χ3n) is 2.30. The van der Waals surface area contributed by atoms with Crippen LogP contribution in [0.5, 0.6) is 0 Å². The summed E-state index contributed by atoms with van der Waals surface area (Å²) < 4.78 is 18.9. The molecule has 0 saturated carbocycles. The molecule has 1 heterocycles. The molecule has 0 aliphatic rings. The van der Waals surface area contributed by atoms with Crippen LogP contribution in [0, 0.1) is 5.82 Å². The Morgan fingerprint density at radius 3 is 2.73 bits per heavy atom. The van der Waals surface area contributed by atoms with E-state index in [1.165, 1.54) is 6.07 Å². The smallest absolute Gasteiger partial charge is 0.140 e. The molecule has 3 heteroatoms. The Morgan fingerprint density at radius 1 is 1.33 bits per heavy atom. The fourth-order valence-corrected chi connectivity index (χ4v) is 1.69. The summed E-state index contributed by atoms with van der Waals surface area (Å²) in [5.74, 6) is -0.254. The third-order valence-corrected chi connectivity index (χ3v) is 2.30. The molecule has 80 valence electrons. The average molecular weight is 207 g/mol. The van der Waals surface area contributed by atoms with Gasteiger partial charge in [0.05, 0.1) is 6.26 Å². The number of benzene rings is 1. The largest absolute Gasteiger partial charge is 0.464 e. The Labute approximate surface area is 87.9 Å². The molecule has 0 saturated heterocycles. The van der Waals surface area contributed by atoms with Crippen LogP contribution in [0.15, 0.2) is 28.9 Å². The lowest BCUT2D eigenvalue weighted by atomic mass is 9.95. The van der Waals surface area contributed by atoms with Crippen molar-refractivity contribution in [2.24, 2.45) is 5.73 Å². The van der Waals surface area contributed by atoms with Gasteiger partial charge in [0.1, 0.15) is 11.4 Å². The first kappa shape index (κ1) is 10.2. The van der Waals surface area contributed by atoms with E-state index in [-0.39, 0.29) is 5.82 Å². The van der Waals surface area contributed by atoms with Crippen molar-refractivity contribution in [1.29, 1.82) is 0 Å². The molecule has 0 fully saturated rings. The molecule has 0 unspecified atom stereocenters. The first-order valence-electron chi connectivity index (χ1n) is 4.91. The zero-order valence-corrected chi connectivity index (χ0v) is 8.88. The zero-order chi connectivity index (χ0) is 11.1. The Morgan fingerprint density at radius 2 is 2.07 bits per heavy atom. The van der Waals surface area contributed by atoms with Gasteiger partial charge in [-0.15, -0.1) is 0 Å². The van der Waals surface area contributed by atoms with Crippen molar-refractivity contribution >= 4 is 11.0 Å². The van der Waals surface area contributed by atoms with E-state index in [2.05, 4.69) is 0 Å². The number of nitrogens with two attached hydrogens (primary N) is 1. The van der Waals surface area contributed by atoms with Crippen molar-refractivity contribution in [2.45, 2.75) is 25.8 Å². The van der Waals surface area contributed by atoms with Crippen LogP contribution < -0.4 is 5.73 Å². The van der Waals surface area contributed by atoms with Crippen LogP contribution in [0.4, 0.5) is 4.39 Å². The minimum absolute atomic E-state index is 0.254. The van der Waals surface area contributed by atoms with Gasteiger partial charge in [0, 0.05) is 16.5 Å². The predicted molar refractivity (Wildman–Crippen MR) is 58.1 cm³/mol. The Bertz CT molecular complexity index is 482. The Balaban J connectivity index is 2.56. The van der Waals surface area contributed by atoms with E-state index >= 15 is 0 Å². The zero-order valence-electron chi connectivity index (χ0n) is 8.88. The van der Waals surface area contributed by atoms with Gasteiger partial charge in [-0.3, -0.25) is 0 Å². The highest BCUT2D eigenvalue weighted by Gasteiger charge is 2.18. The first-order chi connectivity index (χ1) is 6.97. The molecule has 2 nitrogen and oxygen atoms in total. The van der Waals surface area contributed by atoms with E-state index in [1.807, 2.05) is 19.9 Å². The molecular formula is C12H14FNO. The summed E-state index contributed by atoms with van der Waals surface area (Å²) in [4.78, 5) is 0. The van der Waals surface area contributed by atoms with Gasteiger partial charge >= 0.3 is 0 Å². The van der Waals surface area contributed by atoms with E-state index in [0.717, 1.165) is 5.39 Å². The lowest BCUT2D eigenvalue weighted by molar-refractivity contribution is 0.491. The SMILES string of the molecule is CC(C)(N)Cc1c(F)ccc2ccoc12. The molecular weight excluding hydrogens is 193 g/mol. The lowest BCUT2D eigenvalue weighted by Crippen LogP contribution is -2.34. The minimum Gasteiger partial charge on any atom is -0.464 e. The van der Waals surface area contributed by atoms with Crippen LogP contribution in [0.2, 0.25) is 0 Å². The highest BCUT2D eigenvalue weighted by Crippen LogP contribution is 2.25. The van der Waals surface area contributed by atoms with Crippen LogP contribution in [0.3, 0.4) is 0 Å². The van der Waals surface area contributed by atoms with Crippen molar-refractivity contribution in [3.63, 3.8) is 0 Å². The van der Waals surface area contributed by atoms with E-state index in [1.54, 1.807) is 12.3 Å².